The smallest absolute Gasteiger partial charge is 0.0213 e. The molecule has 59 valence electrons. The minimum Gasteiger partial charge on any atom is -0.255 e. The molecule has 0 atom stereocenters. The lowest BCUT2D eigenvalue weighted by atomic mass is 9.84. The highest BCUT2D eigenvalue weighted by molar-refractivity contribution is 4.73. The maximum atomic E-state index is 7.49. The van der Waals surface area contributed by atoms with Crippen LogP contribution in [0.15, 0.2) is 0 Å². The first kappa shape index (κ1) is 8.06. The molecule has 0 spiro atoms. The monoisotopic (exact) mass is 140 g/mol. The van der Waals surface area contributed by atoms with E-state index in [0.717, 1.165) is 18.8 Å². The minimum atomic E-state index is 0.271. The first-order valence-electron chi connectivity index (χ1n) is 4.54. The molecule has 0 saturated heterocycles. The van der Waals surface area contributed by atoms with Gasteiger partial charge in [-0.05, 0) is 31.6 Å². The van der Waals surface area contributed by atoms with E-state index in [9.17, 15) is 0 Å². The molecule has 0 bridgehead atoms. The number of rotatable bonds is 2. The van der Waals surface area contributed by atoms with E-state index in [1.165, 1.54) is 25.7 Å². The summed E-state index contributed by atoms with van der Waals surface area (Å²) in [6, 6.07) is 0.271. The molecule has 1 aliphatic rings. The fourth-order valence-corrected chi connectivity index (χ4v) is 1.86. The number of hydrogen-bond acceptors (Lipinski definition) is 0. The van der Waals surface area contributed by atoms with Crippen LogP contribution >= 0.6 is 0 Å². The molecule has 1 nitrogen and oxygen atoms in total. The summed E-state index contributed by atoms with van der Waals surface area (Å²) >= 11 is 0. The maximum Gasteiger partial charge on any atom is 0.0213 e. The molecular weight excluding hydrogens is 122 g/mol. The van der Waals surface area contributed by atoms with Gasteiger partial charge < -0.3 is 0 Å². The Kier molecular flexibility index (Phi) is 3.20. The standard InChI is InChI=1S/C9H18N/c1-2-3-8-4-6-9(10)7-5-8/h8-10H,2-7H2,1H3. The van der Waals surface area contributed by atoms with Gasteiger partial charge in [-0.15, -0.1) is 0 Å². The van der Waals surface area contributed by atoms with E-state index in [1.54, 1.807) is 0 Å². The molecule has 1 heteroatoms. The average molecular weight is 140 g/mol. The highest BCUT2D eigenvalue weighted by Crippen LogP contribution is 2.26. The van der Waals surface area contributed by atoms with Crippen LogP contribution in [0.3, 0.4) is 0 Å². The largest absolute Gasteiger partial charge is 0.255 e. The Bertz CT molecular complexity index is 82.7. The quantitative estimate of drug-likeness (QED) is 0.563. The topological polar surface area (TPSA) is 23.8 Å². The van der Waals surface area contributed by atoms with Crippen LogP contribution < -0.4 is 5.73 Å². The van der Waals surface area contributed by atoms with Crippen molar-refractivity contribution in [2.75, 3.05) is 0 Å². The van der Waals surface area contributed by atoms with Gasteiger partial charge in [-0.25, -0.2) is 0 Å². The van der Waals surface area contributed by atoms with E-state index in [4.69, 9.17) is 5.73 Å². The van der Waals surface area contributed by atoms with Gasteiger partial charge >= 0.3 is 0 Å². The van der Waals surface area contributed by atoms with E-state index >= 15 is 0 Å². The van der Waals surface area contributed by atoms with Crippen LogP contribution in [0.25, 0.3) is 0 Å². The summed E-state index contributed by atoms with van der Waals surface area (Å²) in [7, 11) is 0. The first-order valence-corrected chi connectivity index (χ1v) is 4.54. The highest BCUT2D eigenvalue weighted by Gasteiger charge is 2.17. The Balaban J connectivity index is 2.13. The molecular formula is C9H18N. The van der Waals surface area contributed by atoms with Gasteiger partial charge in [-0.1, -0.05) is 19.8 Å². The van der Waals surface area contributed by atoms with Crippen LogP contribution in [0.1, 0.15) is 45.4 Å². The Morgan fingerprint density at radius 1 is 1.20 bits per heavy atom. The zero-order chi connectivity index (χ0) is 7.40. The fraction of sp³-hybridized carbons (Fsp3) is 1.00. The predicted molar refractivity (Wildman–Crippen MR) is 43.8 cm³/mol. The molecule has 1 fully saturated rings. The van der Waals surface area contributed by atoms with Gasteiger partial charge in [0.1, 0.15) is 0 Å². The molecule has 10 heavy (non-hydrogen) atoms. The van der Waals surface area contributed by atoms with Gasteiger partial charge in [-0.2, -0.15) is 0 Å². The third kappa shape index (κ3) is 2.30. The lowest BCUT2D eigenvalue weighted by molar-refractivity contribution is 0.304. The molecule has 1 radical (unpaired) electrons. The summed E-state index contributed by atoms with van der Waals surface area (Å²) in [5.74, 6) is 0.964. The second-order valence-electron chi connectivity index (χ2n) is 3.51. The summed E-state index contributed by atoms with van der Waals surface area (Å²) in [5, 5.41) is 0. The van der Waals surface area contributed by atoms with Crippen molar-refractivity contribution in [1.82, 2.24) is 5.73 Å². The average Bonchev–Trinajstić information content (AvgIpc) is 1.95. The summed E-state index contributed by atoms with van der Waals surface area (Å²) in [6.45, 7) is 2.26. The van der Waals surface area contributed by atoms with E-state index in [2.05, 4.69) is 6.92 Å². The van der Waals surface area contributed by atoms with Gasteiger partial charge in [0, 0.05) is 6.04 Å². The van der Waals surface area contributed by atoms with E-state index in [1.807, 2.05) is 0 Å². The van der Waals surface area contributed by atoms with E-state index in [0.29, 0.717) is 0 Å². The molecule has 1 aliphatic carbocycles. The van der Waals surface area contributed by atoms with Crippen molar-refractivity contribution in [1.29, 1.82) is 0 Å². The van der Waals surface area contributed by atoms with Gasteiger partial charge in [0.15, 0.2) is 0 Å². The zero-order valence-corrected chi connectivity index (χ0v) is 6.90. The lowest BCUT2D eigenvalue weighted by Gasteiger charge is -2.24. The summed E-state index contributed by atoms with van der Waals surface area (Å²) in [6.07, 6.45) is 7.68. The van der Waals surface area contributed by atoms with Crippen molar-refractivity contribution in [3.05, 3.63) is 0 Å². The maximum absolute atomic E-state index is 7.49. The second kappa shape index (κ2) is 3.97. The van der Waals surface area contributed by atoms with Crippen LogP contribution in [0.5, 0.6) is 0 Å². The van der Waals surface area contributed by atoms with Crippen LogP contribution in [0.2, 0.25) is 0 Å². The minimum absolute atomic E-state index is 0.271. The first-order chi connectivity index (χ1) is 4.83. The van der Waals surface area contributed by atoms with E-state index in [-0.39, 0.29) is 6.04 Å². The molecule has 1 saturated carbocycles. The molecule has 0 aromatic heterocycles. The highest BCUT2D eigenvalue weighted by atomic mass is 14.6. The van der Waals surface area contributed by atoms with Crippen molar-refractivity contribution < 1.29 is 0 Å². The van der Waals surface area contributed by atoms with Crippen molar-refractivity contribution in [3.8, 4) is 0 Å². The molecule has 0 amide bonds. The van der Waals surface area contributed by atoms with Crippen LogP contribution in [0.4, 0.5) is 0 Å². The van der Waals surface area contributed by atoms with Gasteiger partial charge in [0.05, 0.1) is 0 Å². The van der Waals surface area contributed by atoms with Crippen molar-refractivity contribution in [2.24, 2.45) is 5.92 Å². The Morgan fingerprint density at radius 3 is 2.30 bits per heavy atom. The predicted octanol–water partition coefficient (Wildman–Crippen LogP) is 2.63. The Labute approximate surface area is 64.0 Å². The van der Waals surface area contributed by atoms with Crippen molar-refractivity contribution in [2.45, 2.75) is 51.5 Å². The van der Waals surface area contributed by atoms with Crippen LogP contribution in [0, 0.1) is 5.92 Å². The molecule has 0 unspecified atom stereocenters. The number of hydrogen-bond donors (Lipinski definition) is 0. The second-order valence-corrected chi connectivity index (χ2v) is 3.51. The summed E-state index contributed by atoms with van der Waals surface area (Å²) in [5.41, 5.74) is 7.49. The SMILES string of the molecule is CCCC1CCC([NH])CC1. The fourth-order valence-electron chi connectivity index (χ4n) is 1.86. The third-order valence-electron chi connectivity index (χ3n) is 2.54. The Hall–Kier alpha value is -0.0400. The molecule has 1 N–H and O–H groups in total. The van der Waals surface area contributed by atoms with Gasteiger partial charge in [0.25, 0.3) is 0 Å². The lowest BCUT2D eigenvalue weighted by Crippen LogP contribution is -2.19. The Morgan fingerprint density at radius 2 is 1.80 bits per heavy atom. The number of nitrogens with one attached hydrogen (secondary N) is 1. The summed E-state index contributed by atoms with van der Waals surface area (Å²) < 4.78 is 0. The molecule has 1 rings (SSSR count). The van der Waals surface area contributed by atoms with Crippen molar-refractivity contribution in [3.63, 3.8) is 0 Å². The van der Waals surface area contributed by atoms with E-state index < -0.39 is 0 Å². The molecule has 0 heterocycles. The summed E-state index contributed by atoms with van der Waals surface area (Å²) in [4.78, 5) is 0. The van der Waals surface area contributed by atoms with Gasteiger partial charge in [-0.3, -0.25) is 5.73 Å². The molecule has 0 aromatic rings. The zero-order valence-electron chi connectivity index (χ0n) is 6.90. The van der Waals surface area contributed by atoms with Crippen LogP contribution in [-0.4, -0.2) is 6.04 Å². The third-order valence-corrected chi connectivity index (χ3v) is 2.54. The normalized spacial score (nSPS) is 34.2. The molecule has 0 aromatic carbocycles. The van der Waals surface area contributed by atoms with Gasteiger partial charge in [0.2, 0.25) is 0 Å². The van der Waals surface area contributed by atoms with Crippen LogP contribution in [-0.2, 0) is 0 Å². The molecule has 0 aliphatic heterocycles. The van der Waals surface area contributed by atoms with Crippen molar-refractivity contribution >= 4 is 0 Å².